The number of anilines is 2. The van der Waals surface area contributed by atoms with Crippen LogP contribution in [0.2, 0.25) is 0 Å². The van der Waals surface area contributed by atoms with Crippen molar-refractivity contribution in [3.8, 4) is 0 Å². The van der Waals surface area contributed by atoms with Crippen LogP contribution in [0.3, 0.4) is 0 Å². The largest absolute Gasteiger partial charge is 0.416 e. The summed E-state index contributed by atoms with van der Waals surface area (Å²) in [7, 11) is 1.94. The second-order valence-corrected chi connectivity index (χ2v) is 7.06. The van der Waals surface area contributed by atoms with Crippen molar-refractivity contribution < 1.29 is 27.5 Å². The van der Waals surface area contributed by atoms with E-state index in [-0.39, 0.29) is 16.9 Å². The molecule has 1 heterocycles. The van der Waals surface area contributed by atoms with Gasteiger partial charge >= 0.3 is 6.18 Å². The highest BCUT2D eigenvalue weighted by Crippen LogP contribution is 2.30. The van der Waals surface area contributed by atoms with E-state index in [1.165, 1.54) is 24.3 Å². The molecule has 2 aromatic rings. The molecule has 0 aromatic heterocycles. The number of amides is 1. The lowest BCUT2D eigenvalue weighted by Gasteiger charge is -2.32. The van der Waals surface area contributed by atoms with Crippen LogP contribution in [0.15, 0.2) is 42.5 Å². The van der Waals surface area contributed by atoms with E-state index in [0.717, 1.165) is 18.2 Å². The molecule has 1 fully saturated rings. The van der Waals surface area contributed by atoms with Crippen LogP contribution in [0.1, 0.15) is 15.9 Å². The molecule has 1 saturated heterocycles. The van der Waals surface area contributed by atoms with E-state index in [1.54, 1.807) is 4.90 Å². The average Bonchev–Trinajstić information content (AvgIpc) is 2.69. The smallest absolute Gasteiger partial charge is 0.357 e. The number of rotatable bonds is 5. The molecule has 3 rings (SSSR count). The van der Waals surface area contributed by atoms with Gasteiger partial charge in [0.2, 0.25) is 6.35 Å². The molecule has 10 heteroatoms. The standard InChI is InChI=1S/C20H22F4N4O2/c1-27-8-10-28(11-9-27)18(29)16-12-15(6-7-17(16)21)26-19(30)25-14-4-2-13(3-5-14)20(22,23)24/h2-7,12,19,25-26,30H,8-11H2,1H3. The molecule has 30 heavy (non-hydrogen) atoms. The van der Waals surface area contributed by atoms with Crippen LogP contribution >= 0.6 is 0 Å². The zero-order valence-electron chi connectivity index (χ0n) is 16.2. The van der Waals surface area contributed by atoms with Gasteiger partial charge in [0.25, 0.3) is 5.91 Å². The quantitative estimate of drug-likeness (QED) is 0.507. The number of nitrogens with one attached hydrogen (secondary N) is 2. The number of aliphatic hydroxyl groups is 1. The summed E-state index contributed by atoms with van der Waals surface area (Å²) in [6.07, 6.45) is -5.82. The first-order valence-corrected chi connectivity index (χ1v) is 9.29. The Labute approximate surface area is 171 Å². The van der Waals surface area contributed by atoms with Gasteiger partial charge in [-0.2, -0.15) is 13.2 Å². The van der Waals surface area contributed by atoms with Gasteiger partial charge in [0.1, 0.15) is 5.82 Å². The lowest BCUT2D eigenvalue weighted by molar-refractivity contribution is -0.137. The second kappa shape index (κ2) is 8.88. The highest BCUT2D eigenvalue weighted by molar-refractivity contribution is 5.95. The molecule has 162 valence electrons. The van der Waals surface area contributed by atoms with E-state index in [9.17, 15) is 27.5 Å². The normalized spacial score (nSPS) is 16.3. The van der Waals surface area contributed by atoms with Crippen LogP contribution in [0.4, 0.5) is 28.9 Å². The maximum absolute atomic E-state index is 14.2. The number of aliphatic hydroxyl groups excluding tert-OH is 1. The van der Waals surface area contributed by atoms with Crippen LogP contribution in [0.25, 0.3) is 0 Å². The number of hydrogen-bond donors (Lipinski definition) is 3. The van der Waals surface area contributed by atoms with Crippen molar-refractivity contribution >= 4 is 17.3 Å². The van der Waals surface area contributed by atoms with Crippen molar-refractivity contribution in [1.29, 1.82) is 0 Å². The summed E-state index contributed by atoms with van der Waals surface area (Å²) < 4.78 is 52.1. The number of hydrogen-bond acceptors (Lipinski definition) is 5. The van der Waals surface area contributed by atoms with Gasteiger partial charge in [-0.1, -0.05) is 0 Å². The minimum Gasteiger partial charge on any atom is -0.357 e. The molecule has 1 aliphatic heterocycles. The van der Waals surface area contributed by atoms with Gasteiger partial charge in [-0.25, -0.2) is 4.39 Å². The van der Waals surface area contributed by atoms with Crippen molar-refractivity contribution in [2.45, 2.75) is 12.5 Å². The first kappa shape index (κ1) is 21.8. The topological polar surface area (TPSA) is 67.8 Å². The van der Waals surface area contributed by atoms with Crippen LogP contribution in [0.5, 0.6) is 0 Å². The predicted molar refractivity (Wildman–Crippen MR) is 104 cm³/mol. The summed E-state index contributed by atoms with van der Waals surface area (Å²) in [6.45, 7) is 2.37. The Hall–Kier alpha value is -2.85. The molecule has 6 nitrogen and oxygen atoms in total. The lowest BCUT2D eigenvalue weighted by Crippen LogP contribution is -2.47. The van der Waals surface area contributed by atoms with Crippen molar-refractivity contribution in [1.82, 2.24) is 9.80 Å². The zero-order valence-corrected chi connectivity index (χ0v) is 16.2. The molecule has 1 unspecified atom stereocenters. The molecule has 0 spiro atoms. The van der Waals surface area contributed by atoms with Gasteiger partial charge in [0, 0.05) is 37.6 Å². The zero-order chi connectivity index (χ0) is 21.9. The Morgan fingerprint density at radius 2 is 1.57 bits per heavy atom. The van der Waals surface area contributed by atoms with Crippen molar-refractivity contribution in [2.75, 3.05) is 43.9 Å². The molecule has 0 radical (unpaired) electrons. The number of carbonyl (C=O) groups is 1. The summed E-state index contributed by atoms with van der Waals surface area (Å²) in [6, 6.07) is 7.92. The van der Waals surface area contributed by atoms with E-state index in [2.05, 4.69) is 15.5 Å². The van der Waals surface area contributed by atoms with Crippen molar-refractivity contribution in [3.63, 3.8) is 0 Å². The van der Waals surface area contributed by atoms with Crippen LogP contribution < -0.4 is 10.6 Å². The molecular formula is C20H22F4N4O2. The summed E-state index contributed by atoms with van der Waals surface area (Å²) >= 11 is 0. The molecule has 0 aliphatic carbocycles. The van der Waals surface area contributed by atoms with E-state index in [1.807, 2.05) is 7.05 Å². The van der Waals surface area contributed by atoms with Gasteiger partial charge in [-0.05, 0) is 49.5 Å². The maximum atomic E-state index is 14.2. The van der Waals surface area contributed by atoms with Crippen LogP contribution in [-0.2, 0) is 6.18 Å². The molecule has 3 N–H and O–H groups in total. The number of benzene rings is 2. The number of carbonyl (C=O) groups excluding carboxylic acids is 1. The molecule has 0 bridgehead atoms. The summed E-state index contributed by atoms with van der Waals surface area (Å²) in [5.74, 6) is -1.11. The minimum absolute atomic E-state index is 0.119. The first-order valence-electron chi connectivity index (χ1n) is 9.29. The number of halogens is 4. The molecule has 2 aromatic carbocycles. The third-order valence-electron chi connectivity index (χ3n) is 4.81. The van der Waals surface area contributed by atoms with Crippen LogP contribution in [-0.4, -0.2) is 60.4 Å². The summed E-state index contributed by atoms with van der Waals surface area (Å²) in [5.41, 5.74) is -0.396. The van der Waals surface area contributed by atoms with E-state index < -0.39 is 29.8 Å². The van der Waals surface area contributed by atoms with Gasteiger partial charge in [-0.3, -0.25) is 4.79 Å². The Morgan fingerprint density at radius 3 is 2.17 bits per heavy atom. The van der Waals surface area contributed by atoms with Gasteiger partial charge in [0.15, 0.2) is 0 Å². The van der Waals surface area contributed by atoms with E-state index in [0.29, 0.717) is 26.2 Å². The number of piperazine rings is 1. The fraction of sp³-hybridized carbons (Fsp3) is 0.350. The highest BCUT2D eigenvalue weighted by atomic mass is 19.4. The lowest BCUT2D eigenvalue weighted by atomic mass is 10.1. The van der Waals surface area contributed by atoms with E-state index >= 15 is 0 Å². The molecular weight excluding hydrogens is 404 g/mol. The van der Waals surface area contributed by atoms with Crippen molar-refractivity contribution in [3.05, 3.63) is 59.4 Å². The molecule has 1 aliphatic rings. The van der Waals surface area contributed by atoms with Gasteiger partial charge in [0.05, 0.1) is 11.1 Å². The third kappa shape index (κ3) is 5.39. The van der Waals surface area contributed by atoms with E-state index in [4.69, 9.17) is 0 Å². The second-order valence-electron chi connectivity index (χ2n) is 7.06. The monoisotopic (exact) mass is 426 g/mol. The predicted octanol–water partition coefficient (Wildman–Crippen LogP) is 3.03. The molecule has 1 amide bonds. The Bertz CT molecular complexity index is 881. The highest BCUT2D eigenvalue weighted by Gasteiger charge is 2.30. The van der Waals surface area contributed by atoms with Gasteiger partial charge < -0.3 is 25.5 Å². The third-order valence-corrected chi connectivity index (χ3v) is 4.81. The Balaban J connectivity index is 1.65. The Kier molecular flexibility index (Phi) is 6.47. The SMILES string of the molecule is CN1CCN(C(=O)c2cc(NC(O)Nc3ccc(C(F)(F)F)cc3)ccc2F)CC1. The number of likely N-dealkylation sites (N-methyl/N-ethyl adjacent to an activating group) is 1. The average molecular weight is 426 g/mol. The van der Waals surface area contributed by atoms with Crippen LogP contribution in [0, 0.1) is 5.82 Å². The van der Waals surface area contributed by atoms with Crippen molar-refractivity contribution in [2.24, 2.45) is 0 Å². The number of nitrogens with zero attached hydrogens (tertiary/aromatic N) is 2. The number of alkyl halides is 3. The molecule has 0 saturated carbocycles. The molecule has 1 atom stereocenters. The Morgan fingerprint density at radius 1 is 1.00 bits per heavy atom. The maximum Gasteiger partial charge on any atom is 0.416 e. The fourth-order valence-electron chi connectivity index (χ4n) is 3.07. The summed E-state index contributed by atoms with van der Waals surface area (Å²) in [4.78, 5) is 16.3. The fourth-order valence-corrected chi connectivity index (χ4v) is 3.07. The van der Waals surface area contributed by atoms with Gasteiger partial charge in [-0.15, -0.1) is 0 Å². The summed E-state index contributed by atoms with van der Waals surface area (Å²) in [5, 5.41) is 15.4. The minimum atomic E-state index is -4.45. The first-order chi connectivity index (χ1) is 14.1.